The summed E-state index contributed by atoms with van der Waals surface area (Å²) >= 11 is 0. The number of hydrogen-bond acceptors (Lipinski definition) is 4. The van der Waals surface area contributed by atoms with Crippen LogP contribution in [-0.2, 0) is 19.2 Å². The summed E-state index contributed by atoms with van der Waals surface area (Å²) in [7, 11) is 0. The first kappa shape index (κ1) is 11.6. The van der Waals surface area contributed by atoms with Gasteiger partial charge in [0.1, 0.15) is 6.73 Å². The molecule has 1 N–H and O–H groups in total. The van der Waals surface area contributed by atoms with Gasteiger partial charge in [0.05, 0.1) is 0 Å². The molecule has 0 saturated carbocycles. The van der Waals surface area contributed by atoms with Crippen LogP contribution in [0, 0.1) is 0 Å². The molecule has 1 saturated heterocycles. The molecule has 0 aromatic rings. The number of amides is 2. The van der Waals surface area contributed by atoms with E-state index in [0.29, 0.717) is 6.41 Å². The van der Waals surface area contributed by atoms with Crippen LogP contribution < -0.4 is 5.32 Å². The first-order valence-corrected chi connectivity index (χ1v) is 4.20. The SMILES string of the molecule is C=C1CC(F)OCN(OCNC=O)C1=O. The van der Waals surface area contributed by atoms with Gasteiger partial charge in [0.15, 0.2) is 6.73 Å². The molecule has 0 spiro atoms. The molecule has 15 heavy (non-hydrogen) atoms. The van der Waals surface area contributed by atoms with E-state index in [2.05, 4.69) is 16.6 Å². The van der Waals surface area contributed by atoms with Crippen molar-refractivity contribution in [3.63, 3.8) is 0 Å². The Morgan fingerprint density at radius 3 is 3.20 bits per heavy atom. The fourth-order valence-corrected chi connectivity index (χ4v) is 0.969. The third kappa shape index (κ3) is 3.30. The first-order valence-electron chi connectivity index (χ1n) is 4.20. The summed E-state index contributed by atoms with van der Waals surface area (Å²) in [6.45, 7) is 2.88. The van der Waals surface area contributed by atoms with E-state index in [-0.39, 0.29) is 25.5 Å². The van der Waals surface area contributed by atoms with Crippen molar-refractivity contribution in [3.8, 4) is 0 Å². The largest absolute Gasteiger partial charge is 0.334 e. The maximum atomic E-state index is 12.8. The van der Waals surface area contributed by atoms with Gasteiger partial charge in [-0.1, -0.05) is 6.58 Å². The zero-order valence-electron chi connectivity index (χ0n) is 7.94. The van der Waals surface area contributed by atoms with Crippen LogP contribution in [0.2, 0.25) is 0 Å². The third-order valence-electron chi connectivity index (χ3n) is 1.70. The molecule has 1 fully saturated rings. The molecular weight excluding hydrogens is 207 g/mol. The number of ether oxygens (including phenoxy) is 1. The zero-order valence-corrected chi connectivity index (χ0v) is 7.94. The van der Waals surface area contributed by atoms with Crippen LogP contribution in [-0.4, -0.2) is 37.2 Å². The quantitative estimate of drug-likeness (QED) is 0.304. The molecule has 0 aromatic heterocycles. The number of carbonyl (C=O) groups is 2. The number of carbonyl (C=O) groups excluding carboxylic acids is 2. The van der Waals surface area contributed by atoms with Crippen LogP contribution >= 0.6 is 0 Å². The maximum absolute atomic E-state index is 12.8. The Bertz CT molecular complexity index is 271. The van der Waals surface area contributed by atoms with Crippen molar-refractivity contribution in [1.82, 2.24) is 10.4 Å². The number of hydroxylamine groups is 2. The van der Waals surface area contributed by atoms with Crippen molar-refractivity contribution in [3.05, 3.63) is 12.2 Å². The van der Waals surface area contributed by atoms with Crippen LogP contribution in [0.4, 0.5) is 4.39 Å². The molecule has 2 amide bonds. The first-order chi connectivity index (χ1) is 7.15. The Morgan fingerprint density at radius 2 is 2.53 bits per heavy atom. The topological polar surface area (TPSA) is 67.9 Å². The molecule has 0 aromatic carbocycles. The second-order valence-corrected chi connectivity index (χ2v) is 2.79. The van der Waals surface area contributed by atoms with E-state index in [1.165, 1.54) is 0 Å². The molecule has 1 heterocycles. The predicted octanol–water partition coefficient (Wildman–Crippen LogP) is -0.320. The Balaban J connectivity index is 2.51. The molecular formula is C8H11FN2O4. The number of alkyl halides is 1. The van der Waals surface area contributed by atoms with Crippen molar-refractivity contribution < 1.29 is 23.6 Å². The van der Waals surface area contributed by atoms with Gasteiger partial charge in [-0.25, -0.2) is 9.23 Å². The van der Waals surface area contributed by atoms with Crippen LogP contribution in [0.15, 0.2) is 12.2 Å². The average Bonchev–Trinajstić information content (AvgIpc) is 2.31. The number of nitrogens with one attached hydrogen (secondary N) is 1. The predicted molar refractivity (Wildman–Crippen MR) is 46.6 cm³/mol. The molecule has 1 aliphatic heterocycles. The van der Waals surface area contributed by atoms with E-state index in [0.717, 1.165) is 5.06 Å². The van der Waals surface area contributed by atoms with Gasteiger partial charge in [0.25, 0.3) is 5.91 Å². The molecule has 1 atom stereocenters. The van der Waals surface area contributed by atoms with Gasteiger partial charge < -0.3 is 10.1 Å². The summed E-state index contributed by atoms with van der Waals surface area (Å²) in [5.74, 6) is -0.553. The Kier molecular flexibility index (Phi) is 4.19. The lowest BCUT2D eigenvalue weighted by Gasteiger charge is -2.18. The molecule has 1 rings (SSSR count). The summed E-state index contributed by atoms with van der Waals surface area (Å²) < 4.78 is 17.5. The highest BCUT2D eigenvalue weighted by molar-refractivity contribution is 5.92. The van der Waals surface area contributed by atoms with Gasteiger partial charge in [0, 0.05) is 12.0 Å². The van der Waals surface area contributed by atoms with E-state index in [9.17, 15) is 14.0 Å². The summed E-state index contributed by atoms with van der Waals surface area (Å²) in [5.41, 5.74) is 0.0612. The van der Waals surface area contributed by atoms with E-state index >= 15 is 0 Å². The monoisotopic (exact) mass is 218 g/mol. The van der Waals surface area contributed by atoms with Crippen LogP contribution in [0.1, 0.15) is 6.42 Å². The van der Waals surface area contributed by atoms with Crippen LogP contribution in [0.25, 0.3) is 0 Å². The van der Waals surface area contributed by atoms with E-state index in [4.69, 9.17) is 4.84 Å². The minimum Gasteiger partial charge on any atom is -0.334 e. The lowest BCUT2D eigenvalue weighted by Crippen LogP contribution is -2.35. The standard InChI is InChI=1S/C8H11FN2O4/c1-6-2-7(9)14-5-11(8(6)13)15-4-10-3-12/h3,7H,1-2,4-5H2,(H,10,12). The van der Waals surface area contributed by atoms with Crippen LogP contribution in [0.5, 0.6) is 0 Å². The molecule has 0 bridgehead atoms. The minimum atomic E-state index is -1.56. The van der Waals surface area contributed by atoms with E-state index < -0.39 is 12.3 Å². The summed E-state index contributed by atoms with van der Waals surface area (Å²) in [6.07, 6.45) is -1.33. The molecule has 7 heteroatoms. The number of halogens is 1. The lowest BCUT2D eigenvalue weighted by atomic mass is 10.2. The van der Waals surface area contributed by atoms with E-state index in [1.54, 1.807) is 0 Å². The molecule has 0 radical (unpaired) electrons. The van der Waals surface area contributed by atoms with Gasteiger partial charge in [-0.15, -0.1) is 0 Å². The Morgan fingerprint density at radius 1 is 1.80 bits per heavy atom. The fourth-order valence-electron chi connectivity index (χ4n) is 0.969. The van der Waals surface area contributed by atoms with Crippen LogP contribution in [0.3, 0.4) is 0 Å². The van der Waals surface area contributed by atoms with Crippen molar-refractivity contribution >= 4 is 12.3 Å². The minimum absolute atomic E-state index is 0.0612. The van der Waals surface area contributed by atoms with Gasteiger partial charge in [0.2, 0.25) is 12.8 Å². The van der Waals surface area contributed by atoms with Gasteiger partial charge >= 0.3 is 0 Å². The lowest BCUT2D eigenvalue weighted by molar-refractivity contribution is -0.220. The summed E-state index contributed by atoms with van der Waals surface area (Å²) in [6, 6.07) is 0. The molecule has 1 aliphatic rings. The zero-order chi connectivity index (χ0) is 11.3. The van der Waals surface area contributed by atoms with Crippen molar-refractivity contribution in [1.29, 1.82) is 0 Å². The molecule has 1 unspecified atom stereocenters. The summed E-state index contributed by atoms with van der Waals surface area (Å²) in [4.78, 5) is 26.2. The maximum Gasteiger partial charge on any atom is 0.275 e. The highest BCUT2D eigenvalue weighted by atomic mass is 19.1. The van der Waals surface area contributed by atoms with Crippen molar-refractivity contribution in [2.75, 3.05) is 13.5 Å². The molecule has 84 valence electrons. The van der Waals surface area contributed by atoms with E-state index in [1.807, 2.05) is 0 Å². The van der Waals surface area contributed by atoms with Gasteiger partial charge in [-0.05, 0) is 0 Å². The normalized spacial score (nSPS) is 22.5. The fraction of sp³-hybridized carbons (Fsp3) is 0.500. The molecule has 0 aliphatic carbocycles. The second kappa shape index (κ2) is 5.42. The van der Waals surface area contributed by atoms with Crippen molar-refractivity contribution in [2.24, 2.45) is 0 Å². The van der Waals surface area contributed by atoms with Gasteiger partial charge in [-0.2, -0.15) is 5.06 Å². The Labute approximate surface area is 85.6 Å². The summed E-state index contributed by atoms with van der Waals surface area (Å²) in [5, 5.41) is 2.99. The third-order valence-corrected chi connectivity index (χ3v) is 1.70. The smallest absolute Gasteiger partial charge is 0.275 e. The highest BCUT2D eigenvalue weighted by Crippen LogP contribution is 2.16. The molecule has 6 nitrogen and oxygen atoms in total. The number of nitrogens with zero attached hydrogens (tertiary/aromatic N) is 1. The highest BCUT2D eigenvalue weighted by Gasteiger charge is 2.26. The van der Waals surface area contributed by atoms with Crippen molar-refractivity contribution in [2.45, 2.75) is 12.8 Å². The Hall–Kier alpha value is -1.47. The second-order valence-electron chi connectivity index (χ2n) is 2.79. The van der Waals surface area contributed by atoms with Gasteiger partial charge in [-0.3, -0.25) is 9.59 Å². The number of rotatable bonds is 4. The average molecular weight is 218 g/mol. The number of hydrogen-bond donors (Lipinski definition) is 1.